The third-order valence-electron chi connectivity index (χ3n) is 6.67. The van der Waals surface area contributed by atoms with E-state index < -0.39 is 14.9 Å². The molecule has 2 heterocycles. The molecule has 1 amide bonds. The summed E-state index contributed by atoms with van der Waals surface area (Å²) in [5, 5.41) is 11.8. The van der Waals surface area contributed by atoms with Gasteiger partial charge < -0.3 is 9.80 Å². The fraction of sp³-hybridized carbons (Fsp3) is 0.462. The molecule has 204 valence electrons. The van der Waals surface area contributed by atoms with Crippen molar-refractivity contribution in [1.82, 2.24) is 14.2 Å². The lowest BCUT2D eigenvalue weighted by atomic mass is 10.2. The number of nitro benzene ring substituents is 1. The summed E-state index contributed by atoms with van der Waals surface area (Å²) < 4.78 is 28.7. The van der Waals surface area contributed by atoms with E-state index in [1.807, 2.05) is 13.8 Å². The van der Waals surface area contributed by atoms with Crippen LogP contribution in [0.1, 0.15) is 49.9 Å². The Morgan fingerprint density at radius 3 is 2.24 bits per heavy atom. The number of carbonyl (C=O) groups excluding carboxylic acids is 1. The van der Waals surface area contributed by atoms with E-state index in [4.69, 9.17) is 0 Å². The number of aromatic nitrogens is 1. The monoisotopic (exact) mass is 559 g/mol. The second kappa shape index (κ2) is 12.2. The summed E-state index contributed by atoms with van der Waals surface area (Å²) in [6, 6.07) is 10.9. The second-order valence-electron chi connectivity index (χ2n) is 9.32. The van der Waals surface area contributed by atoms with Crippen LogP contribution >= 0.6 is 11.3 Å². The maximum absolute atomic E-state index is 13.2. The molecule has 2 aromatic carbocycles. The molecule has 0 spiro atoms. The van der Waals surface area contributed by atoms with Crippen LogP contribution < -0.4 is 4.90 Å². The molecule has 3 aromatic rings. The largest absolute Gasteiger partial charge is 0.345 e. The SMILES string of the molecule is CCCCN(CCCC)S(=O)(=O)c1ccc(C(=O)N2CCN(c3nc4ccc([N+](=O)[O-])cc4s3)CC2)cc1. The highest BCUT2D eigenvalue weighted by atomic mass is 32.2. The predicted octanol–water partition coefficient (Wildman–Crippen LogP) is 4.76. The van der Waals surface area contributed by atoms with Gasteiger partial charge in [0.25, 0.3) is 11.6 Å². The Morgan fingerprint density at radius 2 is 1.66 bits per heavy atom. The van der Waals surface area contributed by atoms with Gasteiger partial charge in [-0.3, -0.25) is 14.9 Å². The Balaban J connectivity index is 1.40. The first-order valence-electron chi connectivity index (χ1n) is 12.9. The molecular formula is C26H33N5O5S2. The molecule has 0 atom stereocenters. The molecule has 0 N–H and O–H groups in total. The fourth-order valence-electron chi connectivity index (χ4n) is 4.37. The van der Waals surface area contributed by atoms with E-state index in [2.05, 4.69) is 9.88 Å². The minimum atomic E-state index is -3.61. The highest BCUT2D eigenvalue weighted by Crippen LogP contribution is 2.32. The minimum absolute atomic E-state index is 0.0385. The van der Waals surface area contributed by atoms with Gasteiger partial charge >= 0.3 is 0 Å². The zero-order valence-electron chi connectivity index (χ0n) is 21.7. The Kier molecular flexibility index (Phi) is 8.95. The summed E-state index contributed by atoms with van der Waals surface area (Å²) in [4.78, 5) is 32.4. The highest BCUT2D eigenvalue weighted by molar-refractivity contribution is 7.89. The summed E-state index contributed by atoms with van der Waals surface area (Å²) in [5.41, 5.74) is 1.21. The van der Waals surface area contributed by atoms with Gasteiger partial charge in [-0.05, 0) is 43.2 Å². The number of fused-ring (bicyclic) bond motifs is 1. The van der Waals surface area contributed by atoms with E-state index in [9.17, 15) is 23.3 Å². The van der Waals surface area contributed by atoms with Crippen molar-refractivity contribution in [2.75, 3.05) is 44.2 Å². The predicted molar refractivity (Wildman–Crippen MR) is 149 cm³/mol. The summed E-state index contributed by atoms with van der Waals surface area (Å²) in [6.07, 6.45) is 3.45. The molecule has 1 fully saturated rings. The summed E-state index contributed by atoms with van der Waals surface area (Å²) in [6.45, 7) is 7.24. The van der Waals surface area contributed by atoms with E-state index in [1.165, 1.54) is 35.6 Å². The second-order valence-corrected chi connectivity index (χ2v) is 12.3. The average molecular weight is 560 g/mol. The number of carbonyl (C=O) groups is 1. The van der Waals surface area contributed by atoms with Crippen LogP contribution in [0.5, 0.6) is 0 Å². The summed E-state index contributed by atoms with van der Waals surface area (Å²) in [5.74, 6) is -0.137. The third-order valence-corrected chi connectivity index (χ3v) is 9.66. The Hall–Kier alpha value is -3.09. The molecule has 0 unspecified atom stereocenters. The Labute approximate surface area is 227 Å². The van der Waals surface area contributed by atoms with Gasteiger partial charge in [0, 0.05) is 57.0 Å². The lowest BCUT2D eigenvalue weighted by Crippen LogP contribution is -2.48. The standard InChI is InChI=1S/C26H33N5O5S2/c1-3-5-13-30(14-6-4-2)38(35,36)22-10-7-20(8-11-22)25(32)28-15-17-29(18-16-28)26-27-23-12-9-21(31(33)34)19-24(23)37-26/h7-12,19H,3-6,13-18H2,1-2H3. The number of amides is 1. The van der Waals surface area contributed by atoms with Gasteiger partial charge in [-0.15, -0.1) is 0 Å². The average Bonchev–Trinajstić information content (AvgIpc) is 3.36. The lowest BCUT2D eigenvalue weighted by molar-refractivity contribution is -0.384. The first-order valence-corrected chi connectivity index (χ1v) is 15.2. The van der Waals surface area contributed by atoms with Crippen LogP contribution in [0.25, 0.3) is 10.2 Å². The van der Waals surface area contributed by atoms with Crippen molar-refractivity contribution in [3.05, 3.63) is 58.1 Å². The number of anilines is 1. The lowest BCUT2D eigenvalue weighted by Gasteiger charge is -2.34. The van der Waals surface area contributed by atoms with E-state index >= 15 is 0 Å². The molecule has 38 heavy (non-hydrogen) atoms. The van der Waals surface area contributed by atoms with Gasteiger partial charge in [-0.1, -0.05) is 38.0 Å². The maximum atomic E-state index is 13.2. The number of rotatable bonds is 11. The zero-order valence-corrected chi connectivity index (χ0v) is 23.3. The van der Waals surface area contributed by atoms with Crippen LogP contribution in [0.3, 0.4) is 0 Å². The molecule has 1 aliphatic rings. The molecule has 10 nitrogen and oxygen atoms in total. The fourth-order valence-corrected chi connectivity index (χ4v) is 6.94. The van der Waals surface area contributed by atoms with Crippen molar-refractivity contribution >= 4 is 48.3 Å². The van der Waals surface area contributed by atoms with E-state index in [0.717, 1.165) is 35.5 Å². The number of non-ortho nitro benzene ring substituents is 1. The first kappa shape index (κ1) is 27.9. The highest BCUT2D eigenvalue weighted by Gasteiger charge is 2.26. The molecule has 0 aliphatic carbocycles. The van der Waals surface area contributed by atoms with E-state index in [0.29, 0.717) is 50.3 Å². The van der Waals surface area contributed by atoms with Gasteiger partial charge in [-0.2, -0.15) is 4.31 Å². The number of nitro groups is 1. The number of hydrogen-bond acceptors (Lipinski definition) is 8. The van der Waals surface area contributed by atoms with E-state index in [1.54, 1.807) is 27.4 Å². The van der Waals surface area contributed by atoms with Crippen LogP contribution in [-0.2, 0) is 10.0 Å². The van der Waals surface area contributed by atoms with Crippen molar-refractivity contribution in [2.45, 2.75) is 44.4 Å². The molecule has 4 rings (SSSR count). The van der Waals surface area contributed by atoms with Gasteiger partial charge in [0.1, 0.15) is 0 Å². The molecule has 1 aliphatic heterocycles. The number of sulfonamides is 1. The number of piperazine rings is 1. The summed E-state index contributed by atoms with van der Waals surface area (Å²) in [7, 11) is -3.61. The van der Waals surface area contributed by atoms with Crippen molar-refractivity contribution in [1.29, 1.82) is 0 Å². The maximum Gasteiger partial charge on any atom is 0.270 e. The zero-order chi connectivity index (χ0) is 27.3. The van der Waals surface area contributed by atoms with Gasteiger partial charge in [0.15, 0.2) is 5.13 Å². The smallest absolute Gasteiger partial charge is 0.270 e. The van der Waals surface area contributed by atoms with Crippen molar-refractivity contribution in [3.63, 3.8) is 0 Å². The number of benzene rings is 2. The quantitative estimate of drug-likeness (QED) is 0.246. The normalized spacial score (nSPS) is 14.4. The molecule has 0 bridgehead atoms. The van der Waals surface area contributed by atoms with Gasteiger partial charge in [-0.25, -0.2) is 13.4 Å². The number of thiazole rings is 1. The Morgan fingerprint density at radius 1 is 1.03 bits per heavy atom. The molecule has 12 heteroatoms. The topological polar surface area (TPSA) is 117 Å². The van der Waals surface area contributed by atoms with Crippen LogP contribution in [0.4, 0.5) is 10.8 Å². The van der Waals surface area contributed by atoms with Crippen LogP contribution in [0.15, 0.2) is 47.4 Å². The van der Waals surface area contributed by atoms with Crippen molar-refractivity contribution in [2.24, 2.45) is 0 Å². The van der Waals surface area contributed by atoms with Crippen LogP contribution in [0.2, 0.25) is 0 Å². The number of nitrogens with zero attached hydrogens (tertiary/aromatic N) is 5. The van der Waals surface area contributed by atoms with Crippen LogP contribution in [-0.4, -0.2) is 72.7 Å². The Bertz CT molecular complexity index is 1370. The van der Waals surface area contributed by atoms with Crippen molar-refractivity contribution in [3.8, 4) is 0 Å². The molecule has 1 aromatic heterocycles. The third kappa shape index (κ3) is 6.13. The molecular weight excluding hydrogens is 526 g/mol. The number of hydrogen-bond donors (Lipinski definition) is 0. The number of unbranched alkanes of at least 4 members (excludes halogenated alkanes) is 2. The van der Waals surface area contributed by atoms with Crippen molar-refractivity contribution < 1.29 is 18.1 Å². The molecule has 0 radical (unpaired) electrons. The first-order chi connectivity index (χ1) is 18.2. The van der Waals surface area contributed by atoms with Gasteiger partial charge in [0.2, 0.25) is 10.0 Å². The minimum Gasteiger partial charge on any atom is -0.345 e. The molecule has 1 saturated heterocycles. The van der Waals surface area contributed by atoms with Crippen LogP contribution in [0, 0.1) is 10.1 Å². The van der Waals surface area contributed by atoms with Gasteiger partial charge in [0.05, 0.1) is 20.0 Å². The molecule has 0 saturated carbocycles. The van der Waals surface area contributed by atoms with E-state index in [-0.39, 0.29) is 16.5 Å². The summed E-state index contributed by atoms with van der Waals surface area (Å²) >= 11 is 1.40.